The predicted molar refractivity (Wildman–Crippen MR) is 55.0 cm³/mol. The lowest BCUT2D eigenvalue weighted by molar-refractivity contribution is 0.678. The van der Waals surface area contributed by atoms with E-state index in [1.165, 1.54) is 24.1 Å². The molecule has 1 saturated carbocycles. The summed E-state index contributed by atoms with van der Waals surface area (Å²) in [7, 11) is 0. The summed E-state index contributed by atoms with van der Waals surface area (Å²) < 4.78 is 0. The van der Waals surface area contributed by atoms with Crippen molar-refractivity contribution in [2.24, 2.45) is 5.92 Å². The van der Waals surface area contributed by atoms with Gasteiger partial charge < -0.3 is 0 Å². The Balaban J connectivity index is 1.77. The molecule has 0 N–H and O–H groups in total. The minimum atomic E-state index is 0.371. The van der Waals surface area contributed by atoms with Gasteiger partial charge in [0, 0.05) is 10.3 Å². The second kappa shape index (κ2) is 3.80. The topological polar surface area (TPSA) is 0 Å². The van der Waals surface area contributed by atoms with Crippen molar-refractivity contribution < 1.29 is 0 Å². The SMILES string of the molecule is ClC(Cc1cccs1)CC1CC1. The Labute approximate surface area is 82.6 Å². The predicted octanol–water partition coefficient (Wildman–Crippen LogP) is 3.70. The van der Waals surface area contributed by atoms with E-state index in [1.54, 1.807) is 0 Å². The molecule has 0 radical (unpaired) electrons. The summed E-state index contributed by atoms with van der Waals surface area (Å²) in [5.74, 6) is 0.951. The monoisotopic (exact) mass is 200 g/mol. The zero-order valence-electron chi connectivity index (χ0n) is 7.00. The highest BCUT2D eigenvalue weighted by molar-refractivity contribution is 7.09. The highest BCUT2D eigenvalue weighted by Gasteiger charge is 2.24. The molecule has 0 spiro atoms. The third-order valence-electron chi connectivity index (χ3n) is 2.29. The first-order valence-corrected chi connectivity index (χ1v) is 5.82. The standard InChI is InChI=1S/C10H13ClS/c11-9(6-8-3-4-8)7-10-2-1-5-12-10/h1-2,5,8-9H,3-4,6-7H2. The van der Waals surface area contributed by atoms with E-state index in [0.717, 1.165) is 12.3 Å². The van der Waals surface area contributed by atoms with Gasteiger partial charge in [-0.25, -0.2) is 0 Å². The van der Waals surface area contributed by atoms with Crippen molar-refractivity contribution in [1.82, 2.24) is 0 Å². The van der Waals surface area contributed by atoms with E-state index in [4.69, 9.17) is 11.6 Å². The molecular formula is C10H13ClS. The number of rotatable bonds is 4. The summed E-state index contributed by atoms with van der Waals surface area (Å²) >= 11 is 8.03. The van der Waals surface area contributed by atoms with Crippen LogP contribution in [-0.2, 0) is 6.42 Å². The van der Waals surface area contributed by atoms with E-state index in [1.807, 2.05) is 11.3 Å². The Bertz CT molecular complexity index is 226. The van der Waals surface area contributed by atoms with Gasteiger partial charge in [-0.2, -0.15) is 0 Å². The minimum Gasteiger partial charge on any atom is -0.149 e. The molecule has 0 aromatic carbocycles. The van der Waals surface area contributed by atoms with Gasteiger partial charge in [0.15, 0.2) is 0 Å². The number of hydrogen-bond donors (Lipinski definition) is 0. The van der Waals surface area contributed by atoms with Crippen molar-refractivity contribution in [2.45, 2.75) is 31.1 Å². The first-order valence-electron chi connectivity index (χ1n) is 4.51. The summed E-state index contributed by atoms with van der Waals surface area (Å²) in [6.45, 7) is 0. The van der Waals surface area contributed by atoms with E-state index >= 15 is 0 Å². The number of thiophene rings is 1. The van der Waals surface area contributed by atoms with Gasteiger partial charge in [-0.3, -0.25) is 0 Å². The van der Waals surface area contributed by atoms with Crippen LogP contribution in [0.15, 0.2) is 17.5 Å². The van der Waals surface area contributed by atoms with Crippen LogP contribution in [0.4, 0.5) is 0 Å². The first-order chi connectivity index (χ1) is 5.84. The van der Waals surface area contributed by atoms with Gasteiger partial charge in [0.1, 0.15) is 0 Å². The quantitative estimate of drug-likeness (QED) is 0.651. The second-order valence-corrected chi connectivity index (χ2v) is 5.21. The van der Waals surface area contributed by atoms with Gasteiger partial charge >= 0.3 is 0 Å². The molecule has 1 aromatic rings. The van der Waals surface area contributed by atoms with Crippen LogP contribution in [-0.4, -0.2) is 5.38 Å². The summed E-state index contributed by atoms with van der Waals surface area (Å²) in [6, 6.07) is 4.27. The second-order valence-electron chi connectivity index (χ2n) is 3.56. The van der Waals surface area contributed by atoms with E-state index in [2.05, 4.69) is 17.5 Å². The Kier molecular flexibility index (Phi) is 2.72. The molecule has 1 aromatic heterocycles. The Morgan fingerprint density at radius 1 is 1.58 bits per heavy atom. The van der Waals surface area contributed by atoms with Crippen molar-refractivity contribution in [3.8, 4) is 0 Å². The average Bonchev–Trinajstić information content (AvgIpc) is 2.66. The van der Waals surface area contributed by atoms with E-state index < -0.39 is 0 Å². The fourth-order valence-corrected chi connectivity index (χ4v) is 2.74. The fraction of sp³-hybridized carbons (Fsp3) is 0.600. The van der Waals surface area contributed by atoms with Crippen molar-refractivity contribution in [3.05, 3.63) is 22.4 Å². The summed E-state index contributed by atoms with van der Waals surface area (Å²) in [4.78, 5) is 1.43. The molecule has 0 aliphatic heterocycles. The molecule has 1 aliphatic rings. The van der Waals surface area contributed by atoms with Crippen LogP contribution in [0.5, 0.6) is 0 Å². The van der Waals surface area contributed by atoms with Crippen molar-refractivity contribution in [2.75, 3.05) is 0 Å². The molecule has 1 aliphatic carbocycles. The molecule has 2 rings (SSSR count). The molecule has 0 saturated heterocycles. The lowest BCUT2D eigenvalue weighted by atomic mass is 10.1. The van der Waals surface area contributed by atoms with Crippen LogP contribution in [0.25, 0.3) is 0 Å². The van der Waals surface area contributed by atoms with Gasteiger partial charge in [0.2, 0.25) is 0 Å². The smallest absolute Gasteiger partial charge is 0.0386 e. The van der Waals surface area contributed by atoms with Gasteiger partial charge in [0.05, 0.1) is 0 Å². The summed E-state index contributed by atoms with van der Waals surface area (Å²) in [5.41, 5.74) is 0. The lowest BCUT2D eigenvalue weighted by Gasteiger charge is -2.05. The van der Waals surface area contributed by atoms with Crippen molar-refractivity contribution >= 4 is 22.9 Å². The molecule has 66 valence electrons. The Hall–Kier alpha value is -0.0100. The summed E-state index contributed by atoms with van der Waals surface area (Å²) in [6.07, 6.45) is 5.11. The largest absolute Gasteiger partial charge is 0.149 e. The zero-order chi connectivity index (χ0) is 8.39. The van der Waals surface area contributed by atoms with Crippen LogP contribution >= 0.6 is 22.9 Å². The zero-order valence-corrected chi connectivity index (χ0v) is 8.57. The number of halogens is 1. The van der Waals surface area contributed by atoms with Crippen LogP contribution in [0, 0.1) is 5.92 Å². The van der Waals surface area contributed by atoms with Crippen LogP contribution in [0.1, 0.15) is 24.1 Å². The third kappa shape index (κ3) is 2.49. The van der Waals surface area contributed by atoms with Crippen molar-refractivity contribution in [3.63, 3.8) is 0 Å². The van der Waals surface area contributed by atoms with E-state index in [9.17, 15) is 0 Å². The molecule has 1 fully saturated rings. The van der Waals surface area contributed by atoms with Gasteiger partial charge in [-0.15, -0.1) is 22.9 Å². The molecule has 0 amide bonds. The maximum atomic E-state index is 6.21. The van der Waals surface area contributed by atoms with Crippen molar-refractivity contribution in [1.29, 1.82) is 0 Å². The molecule has 12 heavy (non-hydrogen) atoms. The van der Waals surface area contributed by atoms with E-state index in [0.29, 0.717) is 5.38 Å². The highest BCUT2D eigenvalue weighted by Crippen LogP contribution is 2.35. The van der Waals surface area contributed by atoms with Gasteiger partial charge in [-0.05, 0) is 30.2 Å². The average molecular weight is 201 g/mol. The number of hydrogen-bond acceptors (Lipinski definition) is 1. The number of alkyl halides is 1. The highest BCUT2D eigenvalue weighted by atomic mass is 35.5. The van der Waals surface area contributed by atoms with Gasteiger partial charge in [0.25, 0.3) is 0 Å². The lowest BCUT2D eigenvalue weighted by Crippen LogP contribution is -2.02. The molecule has 1 unspecified atom stereocenters. The molecule has 2 heteroatoms. The Morgan fingerprint density at radius 2 is 2.42 bits per heavy atom. The minimum absolute atomic E-state index is 0.371. The van der Waals surface area contributed by atoms with Crippen LogP contribution < -0.4 is 0 Å². The van der Waals surface area contributed by atoms with Crippen LogP contribution in [0.2, 0.25) is 0 Å². The molecule has 0 nitrogen and oxygen atoms in total. The third-order valence-corrected chi connectivity index (χ3v) is 3.52. The van der Waals surface area contributed by atoms with Crippen LogP contribution in [0.3, 0.4) is 0 Å². The molecular weight excluding hydrogens is 188 g/mol. The van der Waals surface area contributed by atoms with Gasteiger partial charge in [-0.1, -0.05) is 18.9 Å². The maximum Gasteiger partial charge on any atom is 0.0386 e. The molecule has 1 atom stereocenters. The van der Waals surface area contributed by atoms with E-state index in [-0.39, 0.29) is 0 Å². The molecule has 1 heterocycles. The Morgan fingerprint density at radius 3 is 3.00 bits per heavy atom. The fourth-order valence-electron chi connectivity index (χ4n) is 1.45. The normalized spacial score (nSPS) is 19.4. The first kappa shape index (κ1) is 8.58. The molecule has 0 bridgehead atoms. The maximum absolute atomic E-state index is 6.21. The summed E-state index contributed by atoms with van der Waals surface area (Å²) in [5, 5.41) is 2.49.